The third-order valence-electron chi connectivity index (χ3n) is 5.39. The van der Waals surface area contributed by atoms with Gasteiger partial charge in [0.05, 0.1) is 6.07 Å². The third-order valence-corrected chi connectivity index (χ3v) is 5.39. The van der Waals surface area contributed by atoms with Gasteiger partial charge in [-0.15, -0.1) is 10.2 Å². The van der Waals surface area contributed by atoms with Crippen LogP contribution < -0.4 is 0 Å². The highest BCUT2D eigenvalue weighted by atomic mass is 16.1. The van der Waals surface area contributed by atoms with E-state index in [2.05, 4.69) is 28.4 Å². The highest BCUT2D eigenvalue weighted by Gasteiger charge is 2.28. The molecule has 1 aliphatic carbocycles. The number of carbonyl (C=O) groups excluding carboxylic acids is 1. The van der Waals surface area contributed by atoms with Crippen LogP contribution in [-0.4, -0.2) is 20.5 Å². The average molecular weight is 334 g/mol. The molecule has 1 unspecified atom stereocenters. The fourth-order valence-corrected chi connectivity index (χ4v) is 4.03. The number of ketones is 1. The van der Waals surface area contributed by atoms with Crippen molar-refractivity contribution in [2.24, 2.45) is 0 Å². The molecule has 0 N–H and O–H groups in total. The molecule has 1 aromatic heterocycles. The Labute approximate surface area is 147 Å². The van der Waals surface area contributed by atoms with Gasteiger partial charge in [-0.25, -0.2) is 0 Å². The number of fused-ring (bicyclic) bond motifs is 2. The average Bonchev–Trinajstić information content (AvgIpc) is 3.16. The molecule has 2 heterocycles. The summed E-state index contributed by atoms with van der Waals surface area (Å²) in [6, 6.07) is 8.48. The predicted octanol–water partition coefficient (Wildman–Crippen LogP) is 2.91. The second kappa shape index (κ2) is 6.79. The molecule has 4 rings (SSSR count). The van der Waals surface area contributed by atoms with Gasteiger partial charge in [-0.1, -0.05) is 24.6 Å². The summed E-state index contributed by atoms with van der Waals surface area (Å²) in [5, 5.41) is 18.1. The largest absolute Gasteiger partial charge is 0.313 e. The topological polar surface area (TPSA) is 71.6 Å². The number of hydrogen-bond acceptors (Lipinski definition) is 4. The first-order valence-corrected chi connectivity index (χ1v) is 9.21. The van der Waals surface area contributed by atoms with Gasteiger partial charge >= 0.3 is 0 Å². The van der Waals surface area contributed by atoms with E-state index in [1.165, 1.54) is 17.5 Å². The Morgan fingerprint density at radius 1 is 1.12 bits per heavy atom. The first kappa shape index (κ1) is 16.0. The van der Waals surface area contributed by atoms with E-state index in [-0.39, 0.29) is 12.2 Å². The third kappa shape index (κ3) is 3.09. The fraction of sp³-hybridized carbons (Fsp3) is 0.500. The number of benzene rings is 1. The zero-order chi connectivity index (χ0) is 17.2. The quantitative estimate of drug-likeness (QED) is 0.862. The van der Waals surface area contributed by atoms with Gasteiger partial charge in [0, 0.05) is 19.4 Å². The van der Waals surface area contributed by atoms with Crippen molar-refractivity contribution in [1.82, 2.24) is 14.8 Å². The molecule has 128 valence electrons. The predicted molar refractivity (Wildman–Crippen MR) is 93.1 cm³/mol. The summed E-state index contributed by atoms with van der Waals surface area (Å²) in [5.74, 6) is 0.538. The zero-order valence-corrected chi connectivity index (χ0v) is 14.4. The summed E-state index contributed by atoms with van der Waals surface area (Å²) in [4.78, 5) is 12.8. The van der Waals surface area contributed by atoms with E-state index in [1.807, 2.05) is 10.6 Å². The van der Waals surface area contributed by atoms with Gasteiger partial charge < -0.3 is 4.57 Å². The summed E-state index contributed by atoms with van der Waals surface area (Å²) in [7, 11) is 0. The van der Waals surface area contributed by atoms with Crippen molar-refractivity contribution in [3.63, 3.8) is 0 Å². The molecule has 25 heavy (non-hydrogen) atoms. The maximum absolute atomic E-state index is 12.8. The lowest BCUT2D eigenvalue weighted by Crippen LogP contribution is -2.19. The van der Waals surface area contributed by atoms with Crippen molar-refractivity contribution in [2.45, 2.75) is 63.8 Å². The number of nitrogens with zero attached hydrogens (tertiary/aromatic N) is 4. The Balaban J connectivity index is 1.56. The number of rotatable bonds is 4. The Hall–Kier alpha value is -2.48. The SMILES string of the molecule is N#CC(C(=O)Cc1ccc2c(c1)CCC2)c1nnc2n1CCCCC2. The van der Waals surface area contributed by atoms with Gasteiger partial charge in [0.25, 0.3) is 0 Å². The lowest BCUT2D eigenvalue weighted by Gasteiger charge is -2.11. The second-order valence-electron chi connectivity index (χ2n) is 7.10. The summed E-state index contributed by atoms with van der Waals surface area (Å²) in [6.07, 6.45) is 7.89. The molecule has 0 saturated carbocycles. The highest BCUT2D eigenvalue weighted by Crippen LogP contribution is 2.25. The Morgan fingerprint density at radius 2 is 2.00 bits per heavy atom. The number of carbonyl (C=O) groups is 1. The molecule has 0 saturated heterocycles. The molecule has 0 fully saturated rings. The Kier molecular flexibility index (Phi) is 4.35. The van der Waals surface area contributed by atoms with E-state index in [0.717, 1.165) is 56.5 Å². The van der Waals surface area contributed by atoms with Crippen LogP contribution in [0.5, 0.6) is 0 Å². The number of aryl methyl sites for hydroxylation is 3. The smallest absolute Gasteiger partial charge is 0.165 e. The van der Waals surface area contributed by atoms with Crippen LogP contribution >= 0.6 is 0 Å². The number of Topliss-reactive ketones (excluding diaryl/α,β-unsaturated/α-hetero) is 1. The van der Waals surface area contributed by atoms with Gasteiger partial charge in [-0.3, -0.25) is 4.79 Å². The molecule has 0 bridgehead atoms. The van der Waals surface area contributed by atoms with Crippen molar-refractivity contribution in [2.75, 3.05) is 0 Å². The minimum Gasteiger partial charge on any atom is -0.313 e. The minimum absolute atomic E-state index is 0.0834. The van der Waals surface area contributed by atoms with Gasteiger partial charge in [0.2, 0.25) is 0 Å². The van der Waals surface area contributed by atoms with E-state index >= 15 is 0 Å². The maximum atomic E-state index is 12.8. The number of aromatic nitrogens is 3. The molecular weight excluding hydrogens is 312 g/mol. The first-order chi connectivity index (χ1) is 12.3. The van der Waals surface area contributed by atoms with Crippen molar-refractivity contribution in [1.29, 1.82) is 5.26 Å². The number of hydrogen-bond donors (Lipinski definition) is 0. The van der Waals surface area contributed by atoms with Crippen molar-refractivity contribution < 1.29 is 4.79 Å². The van der Waals surface area contributed by atoms with E-state index in [4.69, 9.17) is 0 Å². The molecule has 2 aliphatic rings. The van der Waals surface area contributed by atoms with Crippen LogP contribution in [0.4, 0.5) is 0 Å². The van der Waals surface area contributed by atoms with Crippen LogP contribution in [0, 0.1) is 11.3 Å². The van der Waals surface area contributed by atoms with E-state index in [9.17, 15) is 10.1 Å². The summed E-state index contributed by atoms with van der Waals surface area (Å²) >= 11 is 0. The molecule has 0 amide bonds. The summed E-state index contributed by atoms with van der Waals surface area (Å²) in [5.41, 5.74) is 3.76. The standard InChI is InChI=1S/C20H22N4O/c21-13-17(20-23-22-19-7-2-1-3-10-24(19)20)18(25)12-14-8-9-15-5-4-6-16(15)11-14/h8-9,11,17H,1-7,10,12H2. The molecule has 5 heteroatoms. The van der Waals surface area contributed by atoms with Gasteiger partial charge in [0.15, 0.2) is 17.5 Å². The highest BCUT2D eigenvalue weighted by molar-refractivity contribution is 5.89. The Bertz CT molecular complexity index is 846. The summed E-state index contributed by atoms with van der Waals surface area (Å²) in [6.45, 7) is 0.808. The van der Waals surface area contributed by atoms with E-state index in [1.54, 1.807) is 0 Å². The van der Waals surface area contributed by atoms with Crippen LogP contribution in [0.25, 0.3) is 0 Å². The molecule has 1 aliphatic heterocycles. The van der Waals surface area contributed by atoms with Crippen LogP contribution in [0.2, 0.25) is 0 Å². The summed E-state index contributed by atoms with van der Waals surface area (Å²) < 4.78 is 2.00. The van der Waals surface area contributed by atoms with Gasteiger partial charge in [-0.05, 0) is 48.8 Å². The van der Waals surface area contributed by atoms with Gasteiger partial charge in [0.1, 0.15) is 5.82 Å². The van der Waals surface area contributed by atoms with Crippen LogP contribution in [-0.2, 0) is 37.0 Å². The Morgan fingerprint density at radius 3 is 2.88 bits per heavy atom. The molecule has 1 aromatic carbocycles. The molecule has 0 radical (unpaired) electrons. The van der Waals surface area contributed by atoms with Crippen LogP contribution in [0.1, 0.15) is 59.9 Å². The zero-order valence-electron chi connectivity index (χ0n) is 14.4. The van der Waals surface area contributed by atoms with E-state index < -0.39 is 5.92 Å². The first-order valence-electron chi connectivity index (χ1n) is 9.21. The molecule has 0 spiro atoms. The monoisotopic (exact) mass is 334 g/mol. The lowest BCUT2D eigenvalue weighted by atomic mass is 9.96. The molecule has 2 aromatic rings. The van der Waals surface area contributed by atoms with Crippen molar-refractivity contribution in [3.05, 3.63) is 46.5 Å². The normalized spacial score (nSPS) is 17.2. The molecular formula is C20H22N4O. The van der Waals surface area contributed by atoms with E-state index in [0.29, 0.717) is 5.82 Å². The van der Waals surface area contributed by atoms with Crippen LogP contribution in [0.3, 0.4) is 0 Å². The van der Waals surface area contributed by atoms with Crippen molar-refractivity contribution in [3.8, 4) is 6.07 Å². The minimum atomic E-state index is -0.826. The second-order valence-corrected chi connectivity index (χ2v) is 7.10. The lowest BCUT2D eigenvalue weighted by molar-refractivity contribution is -0.118. The maximum Gasteiger partial charge on any atom is 0.165 e. The fourth-order valence-electron chi connectivity index (χ4n) is 4.03. The number of nitriles is 1. The van der Waals surface area contributed by atoms with Crippen LogP contribution in [0.15, 0.2) is 18.2 Å². The molecule has 5 nitrogen and oxygen atoms in total. The van der Waals surface area contributed by atoms with Gasteiger partial charge in [-0.2, -0.15) is 5.26 Å². The van der Waals surface area contributed by atoms with Crippen molar-refractivity contribution >= 4 is 5.78 Å². The molecule has 1 atom stereocenters.